The molecule has 0 bridgehead atoms. The number of nitrogens with one attached hydrogen (secondary N) is 1. The van der Waals surface area contributed by atoms with Crippen LogP contribution in [0.1, 0.15) is 22.4 Å². The van der Waals surface area contributed by atoms with Crippen molar-refractivity contribution in [2.75, 3.05) is 7.05 Å². The molecule has 0 aliphatic rings. The van der Waals surface area contributed by atoms with Crippen molar-refractivity contribution < 1.29 is 4.74 Å². The number of aromatic nitrogens is 2. The third-order valence-electron chi connectivity index (χ3n) is 3.05. The van der Waals surface area contributed by atoms with Gasteiger partial charge in [0.25, 0.3) is 0 Å². The van der Waals surface area contributed by atoms with Gasteiger partial charge in [-0.1, -0.05) is 15.9 Å². The van der Waals surface area contributed by atoms with Gasteiger partial charge in [0.05, 0.1) is 0 Å². The van der Waals surface area contributed by atoms with E-state index in [0.29, 0.717) is 6.01 Å². The highest BCUT2D eigenvalue weighted by molar-refractivity contribution is 9.10. The maximum Gasteiger partial charge on any atom is 0.322 e. The summed E-state index contributed by atoms with van der Waals surface area (Å²) in [7, 11) is 1.90. The van der Waals surface area contributed by atoms with Gasteiger partial charge in [-0.15, -0.1) is 0 Å². The zero-order valence-electron chi connectivity index (χ0n) is 12.1. The van der Waals surface area contributed by atoms with Gasteiger partial charge < -0.3 is 10.1 Å². The molecular formula is C15H18BrN3O. The zero-order chi connectivity index (χ0) is 14.7. The Morgan fingerprint density at radius 2 is 1.85 bits per heavy atom. The van der Waals surface area contributed by atoms with E-state index in [1.54, 1.807) is 6.20 Å². The Hall–Kier alpha value is -1.46. The van der Waals surface area contributed by atoms with Crippen LogP contribution in [0.15, 0.2) is 22.8 Å². The first kappa shape index (κ1) is 14.9. The Balaban J connectivity index is 2.24. The number of ether oxygens (including phenoxy) is 1. The Kier molecular flexibility index (Phi) is 4.73. The van der Waals surface area contributed by atoms with Crippen LogP contribution in [0.5, 0.6) is 11.8 Å². The van der Waals surface area contributed by atoms with Crippen molar-refractivity contribution in [1.29, 1.82) is 0 Å². The van der Waals surface area contributed by atoms with Crippen LogP contribution in [0.25, 0.3) is 0 Å². The molecule has 4 nitrogen and oxygen atoms in total. The summed E-state index contributed by atoms with van der Waals surface area (Å²) in [4.78, 5) is 8.63. The number of halogens is 1. The number of rotatable bonds is 4. The second-order valence-electron chi connectivity index (χ2n) is 4.77. The normalized spacial score (nSPS) is 10.7. The molecule has 0 aliphatic heterocycles. The Morgan fingerprint density at radius 3 is 2.40 bits per heavy atom. The Morgan fingerprint density at radius 1 is 1.20 bits per heavy atom. The van der Waals surface area contributed by atoms with E-state index in [4.69, 9.17) is 4.74 Å². The SMILES string of the molecule is CNCc1cnc(Oc2cc(C)c(Br)c(C)c2)nc1C. The van der Waals surface area contributed by atoms with Gasteiger partial charge in [0.2, 0.25) is 0 Å². The van der Waals surface area contributed by atoms with E-state index in [9.17, 15) is 0 Å². The maximum atomic E-state index is 5.75. The fourth-order valence-corrected chi connectivity index (χ4v) is 2.18. The molecule has 0 saturated heterocycles. The highest BCUT2D eigenvalue weighted by Crippen LogP contribution is 2.28. The van der Waals surface area contributed by atoms with Crippen LogP contribution < -0.4 is 10.1 Å². The molecule has 2 rings (SSSR count). The molecule has 106 valence electrons. The van der Waals surface area contributed by atoms with Gasteiger partial charge in [0, 0.05) is 28.5 Å². The molecule has 0 saturated carbocycles. The minimum atomic E-state index is 0.378. The van der Waals surface area contributed by atoms with Crippen molar-refractivity contribution in [2.24, 2.45) is 0 Å². The van der Waals surface area contributed by atoms with Crippen LogP contribution in [-0.4, -0.2) is 17.0 Å². The Bertz CT molecular complexity index is 606. The molecule has 1 aromatic heterocycles. The molecule has 0 unspecified atom stereocenters. The summed E-state index contributed by atoms with van der Waals surface area (Å²) in [6, 6.07) is 4.32. The molecule has 20 heavy (non-hydrogen) atoms. The Labute approximate surface area is 127 Å². The maximum absolute atomic E-state index is 5.75. The van der Waals surface area contributed by atoms with Crippen molar-refractivity contribution in [3.63, 3.8) is 0 Å². The minimum absolute atomic E-state index is 0.378. The summed E-state index contributed by atoms with van der Waals surface area (Å²) in [5.41, 5.74) is 4.25. The minimum Gasteiger partial charge on any atom is -0.424 e. The summed E-state index contributed by atoms with van der Waals surface area (Å²) in [6.45, 7) is 6.78. The zero-order valence-corrected chi connectivity index (χ0v) is 13.7. The van der Waals surface area contributed by atoms with E-state index in [0.717, 1.165) is 39.2 Å². The second kappa shape index (κ2) is 6.33. The molecule has 5 heteroatoms. The standard InChI is InChI=1S/C15H18BrN3O/c1-9-5-13(6-10(2)14(9)16)20-15-18-8-12(7-17-4)11(3)19-15/h5-6,8,17H,7H2,1-4H3. The van der Waals surface area contributed by atoms with Gasteiger partial charge in [-0.05, 0) is 51.1 Å². The summed E-state index contributed by atoms with van der Waals surface area (Å²) >= 11 is 3.54. The first-order valence-electron chi connectivity index (χ1n) is 6.43. The third-order valence-corrected chi connectivity index (χ3v) is 4.30. The van der Waals surface area contributed by atoms with Crippen LogP contribution in [0, 0.1) is 20.8 Å². The van der Waals surface area contributed by atoms with Crippen molar-refractivity contribution in [3.05, 3.63) is 45.2 Å². The van der Waals surface area contributed by atoms with E-state index in [1.807, 2.05) is 40.0 Å². The quantitative estimate of drug-likeness (QED) is 0.925. The molecule has 0 amide bonds. The number of aryl methyl sites for hydroxylation is 3. The molecule has 1 aromatic carbocycles. The second-order valence-corrected chi connectivity index (χ2v) is 5.56. The van der Waals surface area contributed by atoms with Gasteiger partial charge in [-0.2, -0.15) is 4.98 Å². The fraction of sp³-hybridized carbons (Fsp3) is 0.333. The van der Waals surface area contributed by atoms with Gasteiger partial charge in [-0.25, -0.2) is 4.98 Å². The van der Waals surface area contributed by atoms with Gasteiger partial charge in [-0.3, -0.25) is 0 Å². The number of hydrogen-bond acceptors (Lipinski definition) is 4. The lowest BCUT2D eigenvalue weighted by atomic mass is 10.1. The van der Waals surface area contributed by atoms with Crippen LogP contribution in [0.4, 0.5) is 0 Å². The van der Waals surface area contributed by atoms with E-state index >= 15 is 0 Å². The molecule has 0 fully saturated rings. The molecule has 0 aliphatic carbocycles. The number of benzene rings is 1. The monoisotopic (exact) mass is 335 g/mol. The van der Waals surface area contributed by atoms with Gasteiger partial charge >= 0.3 is 6.01 Å². The van der Waals surface area contributed by atoms with Gasteiger partial charge in [0.1, 0.15) is 5.75 Å². The van der Waals surface area contributed by atoms with E-state index < -0.39 is 0 Å². The van der Waals surface area contributed by atoms with Crippen molar-refractivity contribution in [3.8, 4) is 11.8 Å². The molecule has 0 spiro atoms. The van der Waals surface area contributed by atoms with Crippen LogP contribution in [-0.2, 0) is 6.54 Å². The molecule has 1 heterocycles. The smallest absolute Gasteiger partial charge is 0.322 e. The first-order chi connectivity index (χ1) is 9.51. The summed E-state index contributed by atoms with van der Waals surface area (Å²) in [5.74, 6) is 0.754. The molecule has 0 atom stereocenters. The highest BCUT2D eigenvalue weighted by Gasteiger charge is 2.07. The molecule has 1 N–H and O–H groups in total. The lowest BCUT2D eigenvalue weighted by molar-refractivity contribution is 0.438. The molecule has 0 radical (unpaired) electrons. The number of hydrogen-bond donors (Lipinski definition) is 1. The summed E-state index contributed by atoms with van der Waals surface area (Å²) in [6.07, 6.45) is 1.80. The number of nitrogens with zero attached hydrogens (tertiary/aromatic N) is 2. The third kappa shape index (κ3) is 3.35. The van der Waals surface area contributed by atoms with Crippen molar-refractivity contribution >= 4 is 15.9 Å². The lowest BCUT2D eigenvalue weighted by Gasteiger charge is -2.10. The van der Waals surface area contributed by atoms with E-state index in [1.165, 1.54) is 0 Å². The average Bonchev–Trinajstić information content (AvgIpc) is 2.39. The predicted octanol–water partition coefficient (Wildman–Crippen LogP) is 3.68. The molecule has 2 aromatic rings. The van der Waals surface area contributed by atoms with E-state index in [2.05, 4.69) is 31.2 Å². The average molecular weight is 336 g/mol. The van der Waals surface area contributed by atoms with Crippen molar-refractivity contribution in [1.82, 2.24) is 15.3 Å². The first-order valence-corrected chi connectivity index (χ1v) is 7.22. The highest BCUT2D eigenvalue weighted by atomic mass is 79.9. The van der Waals surface area contributed by atoms with Crippen LogP contribution >= 0.6 is 15.9 Å². The largest absolute Gasteiger partial charge is 0.424 e. The van der Waals surface area contributed by atoms with E-state index in [-0.39, 0.29) is 0 Å². The van der Waals surface area contributed by atoms with Crippen molar-refractivity contribution in [2.45, 2.75) is 27.3 Å². The summed E-state index contributed by atoms with van der Waals surface area (Å²) < 4.78 is 6.85. The fourth-order valence-electron chi connectivity index (χ4n) is 1.95. The molecular weight excluding hydrogens is 318 g/mol. The van der Waals surface area contributed by atoms with Crippen LogP contribution in [0.3, 0.4) is 0 Å². The topological polar surface area (TPSA) is 47.0 Å². The predicted molar refractivity (Wildman–Crippen MR) is 83.2 cm³/mol. The lowest BCUT2D eigenvalue weighted by Crippen LogP contribution is -2.08. The summed E-state index contributed by atoms with van der Waals surface area (Å²) in [5, 5.41) is 3.09. The van der Waals surface area contributed by atoms with Gasteiger partial charge in [0.15, 0.2) is 0 Å². The van der Waals surface area contributed by atoms with Crippen LogP contribution in [0.2, 0.25) is 0 Å².